The molecule has 1 aromatic rings. The molecule has 86 valence electrons. The molecule has 0 saturated carbocycles. The molecular formula is C11H12O5. The van der Waals surface area contributed by atoms with Crippen molar-refractivity contribution in [2.45, 2.75) is 25.4 Å². The lowest BCUT2D eigenvalue weighted by Crippen LogP contribution is -2.10. The zero-order valence-electron chi connectivity index (χ0n) is 8.51. The lowest BCUT2D eigenvalue weighted by Gasteiger charge is -2.10. The Hall–Kier alpha value is -1.91. The lowest BCUT2D eigenvalue weighted by molar-refractivity contribution is -0.141. The first-order chi connectivity index (χ1) is 7.56. The van der Waals surface area contributed by atoms with Gasteiger partial charge in [-0.2, -0.15) is 0 Å². The Kier molecular flexibility index (Phi) is 2.60. The zero-order valence-corrected chi connectivity index (χ0v) is 8.51. The van der Waals surface area contributed by atoms with Gasteiger partial charge in [0.1, 0.15) is 6.10 Å². The van der Waals surface area contributed by atoms with E-state index in [4.69, 9.17) is 9.84 Å². The summed E-state index contributed by atoms with van der Waals surface area (Å²) in [6.45, 7) is 0. The highest BCUT2D eigenvalue weighted by Crippen LogP contribution is 2.36. The molecule has 0 bridgehead atoms. The van der Waals surface area contributed by atoms with E-state index in [1.165, 1.54) is 12.1 Å². The van der Waals surface area contributed by atoms with Gasteiger partial charge in [0.05, 0.1) is 0 Å². The number of phenols is 3. The topological polar surface area (TPSA) is 87.0 Å². The second kappa shape index (κ2) is 3.92. The van der Waals surface area contributed by atoms with Gasteiger partial charge in [0.15, 0.2) is 17.2 Å². The standard InChI is InChI=1S/C11H12O5/c12-8-4-6(5-9(13)11(8)15)3-7-1-2-10(14)16-7/h4-5,7,12-13,15H,1-3H2/t7-/m1/s1. The number of phenolic OH excluding ortho intramolecular Hbond substituents is 3. The van der Waals surface area contributed by atoms with Crippen LogP contribution in [0.25, 0.3) is 0 Å². The summed E-state index contributed by atoms with van der Waals surface area (Å²) in [5.74, 6) is -1.51. The number of benzene rings is 1. The zero-order chi connectivity index (χ0) is 11.7. The van der Waals surface area contributed by atoms with Crippen molar-refractivity contribution in [3.05, 3.63) is 17.7 Å². The van der Waals surface area contributed by atoms with Gasteiger partial charge >= 0.3 is 5.97 Å². The molecule has 0 aliphatic carbocycles. The average Bonchev–Trinajstić information content (AvgIpc) is 2.60. The minimum atomic E-state index is -0.535. The summed E-state index contributed by atoms with van der Waals surface area (Å²) in [4.78, 5) is 10.9. The van der Waals surface area contributed by atoms with E-state index in [0.29, 0.717) is 24.8 Å². The molecule has 5 nitrogen and oxygen atoms in total. The van der Waals surface area contributed by atoms with Crippen molar-refractivity contribution < 1.29 is 24.9 Å². The molecule has 1 saturated heterocycles. The Morgan fingerprint density at radius 1 is 1.25 bits per heavy atom. The van der Waals surface area contributed by atoms with Crippen LogP contribution in [-0.2, 0) is 16.0 Å². The van der Waals surface area contributed by atoms with Crippen molar-refractivity contribution in [1.82, 2.24) is 0 Å². The third kappa shape index (κ3) is 2.03. The smallest absolute Gasteiger partial charge is 0.306 e. The van der Waals surface area contributed by atoms with Crippen LogP contribution >= 0.6 is 0 Å². The first-order valence-corrected chi connectivity index (χ1v) is 4.99. The quantitative estimate of drug-likeness (QED) is 0.516. The molecule has 3 N–H and O–H groups in total. The normalized spacial score (nSPS) is 19.8. The average molecular weight is 224 g/mol. The summed E-state index contributed by atoms with van der Waals surface area (Å²) in [6, 6.07) is 2.70. The largest absolute Gasteiger partial charge is 0.504 e. The number of rotatable bonds is 2. The second-order valence-corrected chi connectivity index (χ2v) is 3.84. The van der Waals surface area contributed by atoms with Gasteiger partial charge < -0.3 is 20.1 Å². The number of aromatic hydroxyl groups is 3. The molecule has 5 heteroatoms. The van der Waals surface area contributed by atoms with Crippen molar-refractivity contribution in [2.75, 3.05) is 0 Å². The molecule has 0 aromatic heterocycles. The van der Waals surface area contributed by atoms with Crippen LogP contribution in [0.2, 0.25) is 0 Å². The first-order valence-electron chi connectivity index (χ1n) is 4.99. The highest BCUT2D eigenvalue weighted by molar-refractivity contribution is 5.71. The van der Waals surface area contributed by atoms with Gasteiger partial charge in [0.2, 0.25) is 0 Å². The van der Waals surface area contributed by atoms with Gasteiger partial charge in [-0.15, -0.1) is 0 Å². The third-order valence-corrected chi connectivity index (χ3v) is 2.56. The molecule has 0 radical (unpaired) electrons. The van der Waals surface area contributed by atoms with E-state index in [2.05, 4.69) is 0 Å². The molecule has 1 aromatic carbocycles. The van der Waals surface area contributed by atoms with E-state index in [1.807, 2.05) is 0 Å². The van der Waals surface area contributed by atoms with E-state index in [1.54, 1.807) is 0 Å². The monoisotopic (exact) mass is 224 g/mol. The van der Waals surface area contributed by atoms with Crippen LogP contribution in [0, 0.1) is 0 Å². The van der Waals surface area contributed by atoms with Gasteiger partial charge in [0, 0.05) is 12.8 Å². The van der Waals surface area contributed by atoms with Crippen LogP contribution in [-0.4, -0.2) is 27.4 Å². The SMILES string of the molecule is O=C1CC[C@H](Cc2cc(O)c(O)c(O)c2)O1. The van der Waals surface area contributed by atoms with Crippen molar-refractivity contribution in [1.29, 1.82) is 0 Å². The highest BCUT2D eigenvalue weighted by atomic mass is 16.5. The van der Waals surface area contributed by atoms with Crippen LogP contribution in [0.5, 0.6) is 17.2 Å². The fourth-order valence-electron chi connectivity index (χ4n) is 1.77. The van der Waals surface area contributed by atoms with Gasteiger partial charge in [-0.05, 0) is 24.1 Å². The Bertz CT molecular complexity index is 403. The summed E-state index contributed by atoms with van der Waals surface area (Å²) in [5, 5.41) is 27.7. The van der Waals surface area contributed by atoms with Crippen molar-refractivity contribution in [3.63, 3.8) is 0 Å². The molecule has 1 heterocycles. The first kappa shape index (κ1) is 10.6. The number of carbonyl (C=O) groups excluding carboxylic acids is 1. The van der Waals surface area contributed by atoms with E-state index in [-0.39, 0.29) is 23.6 Å². The van der Waals surface area contributed by atoms with Gasteiger partial charge in [-0.1, -0.05) is 0 Å². The molecule has 16 heavy (non-hydrogen) atoms. The number of esters is 1. The van der Waals surface area contributed by atoms with Gasteiger partial charge in [-0.25, -0.2) is 0 Å². The van der Waals surface area contributed by atoms with Crippen molar-refractivity contribution in [2.24, 2.45) is 0 Å². The minimum absolute atomic E-state index is 0.212. The summed E-state index contributed by atoms with van der Waals surface area (Å²) in [5.41, 5.74) is 0.618. The number of hydrogen-bond acceptors (Lipinski definition) is 5. The maximum absolute atomic E-state index is 10.9. The van der Waals surface area contributed by atoms with Crippen LogP contribution in [0.3, 0.4) is 0 Å². The second-order valence-electron chi connectivity index (χ2n) is 3.84. The molecule has 1 fully saturated rings. The Morgan fingerprint density at radius 3 is 2.38 bits per heavy atom. The summed E-state index contributed by atoms with van der Waals surface area (Å²) in [6.07, 6.45) is 1.26. The van der Waals surface area contributed by atoms with Crippen LogP contribution < -0.4 is 0 Å². The van der Waals surface area contributed by atoms with E-state index in [9.17, 15) is 15.0 Å². The fraction of sp³-hybridized carbons (Fsp3) is 0.364. The summed E-state index contributed by atoms with van der Waals surface area (Å²) in [7, 11) is 0. The van der Waals surface area contributed by atoms with Crippen LogP contribution in [0.4, 0.5) is 0 Å². The molecule has 1 aliphatic heterocycles. The molecule has 2 rings (SSSR count). The highest BCUT2D eigenvalue weighted by Gasteiger charge is 2.24. The van der Waals surface area contributed by atoms with Crippen molar-refractivity contribution >= 4 is 5.97 Å². The number of hydrogen-bond donors (Lipinski definition) is 3. The molecule has 1 atom stereocenters. The van der Waals surface area contributed by atoms with E-state index < -0.39 is 5.75 Å². The van der Waals surface area contributed by atoms with Gasteiger partial charge in [-0.3, -0.25) is 4.79 Å². The predicted molar refractivity (Wildman–Crippen MR) is 54.3 cm³/mol. The lowest BCUT2D eigenvalue weighted by atomic mass is 10.0. The number of carbonyl (C=O) groups is 1. The molecule has 0 amide bonds. The van der Waals surface area contributed by atoms with Crippen molar-refractivity contribution in [3.8, 4) is 17.2 Å². The summed E-state index contributed by atoms with van der Waals surface area (Å²) < 4.78 is 5.01. The Balaban J connectivity index is 2.13. The third-order valence-electron chi connectivity index (χ3n) is 2.56. The molecule has 0 spiro atoms. The van der Waals surface area contributed by atoms with Crippen LogP contribution in [0.1, 0.15) is 18.4 Å². The van der Waals surface area contributed by atoms with E-state index in [0.717, 1.165) is 0 Å². The number of ether oxygens (including phenoxy) is 1. The Labute approximate surface area is 91.9 Å². The minimum Gasteiger partial charge on any atom is -0.504 e. The van der Waals surface area contributed by atoms with Gasteiger partial charge in [0.25, 0.3) is 0 Å². The summed E-state index contributed by atoms with van der Waals surface area (Å²) >= 11 is 0. The molecule has 0 unspecified atom stereocenters. The number of cyclic esters (lactones) is 1. The maximum atomic E-state index is 10.9. The molecular weight excluding hydrogens is 212 g/mol. The maximum Gasteiger partial charge on any atom is 0.306 e. The predicted octanol–water partition coefficient (Wildman–Crippen LogP) is 1.05. The molecule has 1 aliphatic rings. The van der Waals surface area contributed by atoms with Crippen LogP contribution in [0.15, 0.2) is 12.1 Å². The van der Waals surface area contributed by atoms with E-state index >= 15 is 0 Å². The fourth-order valence-corrected chi connectivity index (χ4v) is 1.77. The Morgan fingerprint density at radius 2 is 1.88 bits per heavy atom.